The molecule has 2 N–H and O–H groups in total. The molecule has 2 aliphatic rings. The molecule has 25 heavy (non-hydrogen) atoms. The number of hydrogen-bond acceptors (Lipinski definition) is 3. The maximum Gasteiger partial charge on any atom is 0.401 e. The van der Waals surface area contributed by atoms with Crippen molar-refractivity contribution in [2.24, 2.45) is 10.4 Å². The van der Waals surface area contributed by atoms with Crippen molar-refractivity contribution in [1.29, 1.82) is 0 Å². The predicted octanol–water partition coefficient (Wildman–Crippen LogP) is 2.38. The van der Waals surface area contributed by atoms with E-state index in [1.54, 1.807) is 7.11 Å². The van der Waals surface area contributed by atoms with Gasteiger partial charge in [-0.15, -0.1) is 0 Å². The van der Waals surface area contributed by atoms with Crippen molar-refractivity contribution >= 4 is 5.96 Å². The van der Waals surface area contributed by atoms with E-state index in [0.29, 0.717) is 32.0 Å². The highest BCUT2D eigenvalue weighted by atomic mass is 19.4. The Labute approximate surface area is 148 Å². The van der Waals surface area contributed by atoms with Gasteiger partial charge in [-0.2, -0.15) is 13.2 Å². The first-order valence-corrected chi connectivity index (χ1v) is 8.92. The maximum absolute atomic E-state index is 12.5. The fraction of sp³-hybridized carbons (Fsp3) is 0.941. The summed E-state index contributed by atoms with van der Waals surface area (Å²) in [5, 5.41) is 6.75. The molecule has 0 spiro atoms. The number of alkyl halides is 3. The van der Waals surface area contributed by atoms with Crippen LogP contribution in [0.15, 0.2) is 4.99 Å². The van der Waals surface area contributed by atoms with Crippen LogP contribution in [0.5, 0.6) is 0 Å². The van der Waals surface area contributed by atoms with Crippen molar-refractivity contribution < 1.29 is 17.9 Å². The van der Waals surface area contributed by atoms with Gasteiger partial charge in [0.15, 0.2) is 5.96 Å². The predicted molar refractivity (Wildman–Crippen MR) is 92.7 cm³/mol. The van der Waals surface area contributed by atoms with E-state index >= 15 is 0 Å². The Morgan fingerprint density at radius 2 is 1.96 bits per heavy atom. The molecule has 0 aromatic rings. The van der Waals surface area contributed by atoms with Gasteiger partial charge in [-0.25, -0.2) is 0 Å². The van der Waals surface area contributed by atoms with Crippen LogP contribution in [0.3, 0.4) is 0 Å². The Morgan fingerprint density at radius 1 is 1.28 bits per heavy atom. The molecule has 2 rings (SSSR count). The average Bonchev–Trinajstić information content (AvgIpc) is 2.91. The summed E-state index contributed by atoms with van der Waals surface area (Å²) in [6.07, 6.45) is -2.59. The first kappa shape index (κ1) is 20.3. The molecule has 0 bridgehead atoms. The molecule has 0 amide bonds. The quantitative estimate of drug-likeness (QED) is 0.581. The second-order valence-corrected chi connectivity index (χ2v) is 7.86. The molecule has 146 valence electrons. The summed E-state index contributed by atoms with van der Waals surface area (Å²) in [5.41, 5.74) is -0.241. The molecule has 1 saturated heterocycles. The fourth-order valence-corrected chi connectivity index (χ4v) is 3.72. The van der Waals surface area contributed by atoms with Crippen LogP contribution in [0, 0.1) is 5.41 Å². The SMILES string of the molecule is CCN=C(NC1CCN(CC(F)(F)F)C1)NC1CC(C)(OC)C1(C)C. The summed E-state index contributed by atoms with van der Waals surface area (Å²) >= 11 is 0. The van der Waals surface area contributed by atoms with Crippen LogP contribution < -0.4 is 10.6 Å². The lowest BCUT2D eigenvalue weighted by Gasteiger charge is -2.59. The Morgan fingerprint density at radius 3 is 2.48 bits per heavy atom. The number of nitrogens with one attached hydrogen (secondary N) is 2. The Hall–Kier alpha value is -1.02. The molecule has 1 aliphatic heterocycles. The first-order chi connectivity index (χ1) is 11.5. The van der Waals surface area contributed by atoms with E-state index in [1.165, 1.54) is 4.90 Å². The van der Waals surface area contributed by atoms with Crippen LogP contribution in [-0.4, -0.2) is 68.0 Å². The number of ether oxygens (including phenoxy) is 1. The molecule has 2 fully saturated rings. The second kappa shape index (κ2) is 7.31. The second-order valence-electron chi connectivity index (χ2n) is 7.86. The Bertz CT molecular complexity index is 495. The van der Waals surface area contributed by atoms with Crippen LogP contribution in [0.2, 0.25) is 0 Å². The standard InChI is InChI=1S/C17H31F3N4O/c1-6-21-14(23-13-9-16(4,25-5)15(13,2)3)22-12-7-8-24(10-12)11-17(18,19)20/h12-13H,6-11H2,1-5H3,(H2,21,22,23). The summed E-state index contributed by atoms with van der Waals surface area (Å²) in [5.74, 6) is 0.678. The van der Waals surface area contributed by atoms with Crippen molar-refractivity contribution in [2.45, 2.75) is 64.4 Å². The molecule has 1 heterocycles. The van der Waals surface area contributed by atoms with Crippen LogP contribution in [0.1, 0.15) is 40.5 Å². The van der Waals surface area contributed by atoms with Gasteiger partial charge < -0.3 is 15.4 Å². The Balaban J connectivity index is 1.90. The zero-order valence-corrected chi connectivity index (χ0v) is 15.8. The Kier molecular flexibility index (Phi) is 5.93. The molecule has 1 aliphatic carbocycles. The van der Waals surface area contributed by atoms with Gasteiger partial charge in [0.2, 0.25) is 0 Å². The molecule has 0 aromatic heterocycles. The van der Waals surface area contributed by atoms with Crippen molar-refractivity contribution in [1.82, 2.24) is 15.5 Å². The fourth-order valence-electron chi connectivity index (χ4n) is 3.72. The van der Waals surface area contributed by atoms with Crippen molar-refractivity contribution in [3.05, 3.63) is 0 Å². The molecule has 0 aromatic carbocycles. The van der Waals surface area contributed by atoms with Gasteiger partial charge in [-0.3, -0.25) is 9.89 Å². The smallest absolute Gasteiger partial charge is 0.378 e. The number of likely N-dealkylation sites (tertiary alicyclic amines) is 1. The van der Waals surface area contributed by atoms with E-state index in [0.717, 1.165) is 6.42 Å². The third kappa shape index (κ3) is 4.58. The topological polar surface area (TPSA) is 48.9 Å². The zero-order valence-electron chi connectivity index (χ0n) is 15.8. The van der Waals surface area contributed by atoms with Crippen molar-refractivity contribution in [2.75, 3.05) is 33.3 Å². The molecule has 3 unspecified atom stereocenters. The van der Waals surface area contributed by atoms with Gasteiger partial charge in [0.25, 0.3) is 0 Å². The maximum atomic E-state index is 12.5. The number of hydrogen-bond donors (Lipinski definition) is 2. The number of halogens is 3. The number of guanidine groups is 1. The minimum atomic E-state index is -4.14. The molecule has 3 atom stereocenters. The number of methoxy groups -OCH3 is 1. The third-order valence-corrected chi connectivity index (χ3v) is 5.92. The lowest BCUT2D eigenvalue weighted by atomic mass is 9.56. The highest BCUT2D eigenvalue weighted by Crippen LogP contribution is 2.51. The summed E-state index contributed by atoms with van der Waals surface area (Å²) in [6, 6.07) is 0.195. The van der Waals surface area contributed by atoms with Crippen LogP contribution >= 0.6 is 0 Å². The van der Waals surface area contributed by atoms with E-state index in [2.05, 4.69) is 36.4 Å². The van der Waals surface area contributed by atoms with Crippen LogP contribution in [0.25, 0.3) is 0 Å². The van der Waals surface area contributed by atoms with Gasteiger partial charge in [0, 0.05) is 44.2 Å². The average molecular weight is 364 g/mol. The molecule has 0 radical (unpaired) electrons. The summed E-state index contributed by atoms with van der Waals surface area (Å²) in [7, 11) is 1.73. The molecular weight excluding hydrogens is 333 g/mol. The summed E-state index contributed by atoms with van der Waals surface area (Å²) in [6.45, 7) is 8.95. The minimum Gasteiger partial charge on any atom is -0.378 e. The lowest BCUT2D eigenvalue weighted by molar-refractivity contribution is -0.176. The van der Waals surface area contributed by atoms with Gasteiger partial charge >= 0.3 is 6.18 Å². The number of nitrogens with zero attached hydrogens (tertiary/aromatic N) is 2. The van der Waals surface area contributed by atoms with Crippen LogP contribution in [0.4, 0.5) is 13.2 Å². The van der Waals surface area contributed by atoms with Gasteiger partial charge in [0.1, 0.15) is 0 Å². The van der Waals surface area contributed by atoms with E-state index < -0.39 is 12.7 Å². The summed E-state index contributed by atoms with van der Waals surface area (Å²) < 4.78 is 43.2. The molecule has 8 heteroatoms. The summed E-state index contributed by atoms with van der Waals surface area (Å²) in [4.78, 5) is 5.90. The van der Waals surface area contributed by atoms with Gasteiger partial charge in [-0.05, 0) is 26.7 Å². The minimum absolute atomic E-state index is 0.0165. The third-order valence-electron chi connectivity index (χ3n) is 5.92. The largest absolute Gasteiger partial charge is 0.401 e. The van der Waals surface area contributed by atoms with Gasteiger partial charge in [-0.1, -0.05) is 13.8 Å². The highest BCUT2D eigenvalue weighted by molar-refractivity contribution is 5.80. The lowest BCUT2D eigenvalue weighted by Crippen LogP contribution is -2.69. The van der Waals surface area contributed by atoms with E-state index in [9.17, 15) is 13.2 Å². The zero-order chi connectivity index (χ0) is 18.9. The molecule has 1 saturated carbocycles. The van der Waals surface area contributed by atoms with Crippen molar-refractivity contribution in [3.63, 3.8) is 0 Å². The highest BCUT2D eigenvalue weighted by Gasteiger charge is 2.58. The number of rotatable bonds is 5. The normalized spacial score (nSPS) is 33.2. The first-order valence-electron chi connectivity index (χ1n) is 8.92. The van der Waals surface area contributed by atoms with Crippen LogP contribution in [-0.2, 0) is 4.74 Å². The van der Waals surface area contributed by atoms with Gasteiger partial charge in [0.05, 0.1) is 12.1 Å². The van der Waals surface area contributed by atoms with Crippen molar-refractivity contribution in [3.8, 4) is 0 Å². The van der Waals surface area contributed by atoms with E-state index in [4.69, 9.17) is 4.74 Å². The number of aliphatic imine (C=N–C) groups is 1. The molecule has 5 nitrogen and oxygen atoms in total. The van der Waals surface area contributed by atoms with E-state index in [1.807, 2.05) is 6.92 Å². The molecular formula is C17H31F3N4O. The monoisotopic (exact) mass is 364 g/mol. The van der Waals surface area contributed by atoms with E-state index in [-0.39, 0.29) is 23.1 Å².